The number of aryl methyl sites for hydroxylation is 2. The lowest BCUT2D eigenvalue weighted by molar-refractivity contribution is -0.697. The Balaban J connectivity index is 0.00000320. The van der Waals surface area contributed by atoms with Crippen LogP contribution in [0.4, 0.5) is 10.1 Å². The molecule has 2 N–H and O–H groups in total. The van der Waals surface area contributed by atoms with E-state index in [0.717, 1.165) is 30.7 Å². The van der Waals surface area contributed by atoms with Crippen LogP contribution in [0.15, 0.2) is 71.9 Å². The van der Waals surface area contributed by atoms with Gasteiger partial charge in [-0.25, -0.2) is 8.96 Å². The summed E-state index contributed by atoms with van der Waals surface area (Å²) in [6.45, 7) is 2.97. The van der Waals surface area contributed by atoms with Crippen molar-refractivity contribution in [3.8, 4) is 11.5 Å². The van der Waals surface area contributed by atoms with Gasteiger partial charge in [-0.15, -0.1) is 0 Å². The fraction of sp³-hybridized carbons (Fsp3) is 0.190. The molecule has 0 saturated heterocycles. The summed E-state index contributed by atoms with van der Waals surface area (Å²) >= 11 is 0. The first-order chi connectivity index (χ1) is 13.8. The first kappa shape index (κ1) is 23.9. The summed E-state index contributed by atoms with van der Waals surface area (Å²) in [5.74, 6) is -0.320. The number of nitrogens with zero attached hydrogens (tertiary/aromatic N) is 1. The number of halogens is 2. The molecule has 0 amide bonds. The molecule has 6 nitrogen and oxygen atoms in total. The van der Waals surface area contributed by atoms with Gasteiger partial charge in [-0.2, -0.15) is 8.42 Å². The lowest BCUT2D eigenvalue weighted by Gasteiger charge is -2.11. The van der Waals surface area contributed by atoms with Crippen molar-refractivity contribution in [3.63, 3.8) is 0 Å². The number of anilines is 1. The van der Waals surface area contributed by atoms with E-state index in [-0.39, 0.29) is 29.7 Å². The predicted molar refractivity (Wildman–Crippen MR) is 107 cm³/mol. The van der Waals surface area contributed by atoms with E-state index in [1.165, 1.54) is 18.2 Å². The summed E-state index contributed by atoms with van der Waals surface area (Å²) in [5, 5.41) is 0. The van der Waals surface area contributed by atoms with Crippen molar-refractivity contribution in [2.45, 2.75) is 24.8 Å². The van der Waals surface area contributed by atoms with E-state index >= 15 is 0 Å². The Morgan fingerprint density at radius 1 is 1.03 bits per heavy atom. The third-order valence-electron chi connectivity index (χ3n) is 4.08. The van der Waals surface area contributed by atoms with Crippen LogP contribution < -0.4 is 43.2 Å². The van der Waals surface area contributed by atoms with Crippen molar-refractivity contribution in [1.29, 1.82) is 0 Å². The largest absolute Gasteiger partial charge is 1.00 e. The van der Waals surface area contributed by atoms with Crippen LogP contribution in [0.5, 0.6) is 11.5 Å². The van der Waals surface area contributed by atoms with E-state index in [0.29, 0.717) is 18.0 Å². The van der Waals surface area contributed by atoms with Gasteiger partial charge in [0.25, 0.3) is 0 Å². The molecule has 0 aliphatic heterocycles. The normalized spacial score (nSPS) is 10.9. The van der Waals surface area contributed by atoms with Gasteiger partial charge in [-0.05, 0) is 36.8 Å². The van der Waals surface area contributed by atoms with Gasteiger partial charge < -0.3 is 38.6 Å². The van der Waals surface area contributed by atoms with Crippen LogP contribution in [0.25, 0.3) is 0 Å². The number of ether oxygens (including phenoxy) is 1. The SMILES string of the molecule is Cc1cc(OCCC[n+]2ccc(N)cc2)cc(OS(=O)(=O)c2ccccc2F)c1.[I-]. The van der Waals surface area contributed by atoms with Gasteiger partial charge in [0, 0.05) is 30.3 Å². The maximum atomic E-state index is 13.8. The first-order valence-corrected chi connectivity index (χ1v) is 10.4. The highest BCUT2D eigenvalue weighted by molar-refractivity contribution is 7.87. The zero-order valence-corrected chi connectivity index (χ0v) is 19.3. The standard InChI is InChI=1S/C21H21FN2O4S.HI/c1-16-13-18(27-12-4-9-24-10-7-17(23)8-11-24)15-19(14-16)28-29(25,26)21-6-3-2-5-20(21)22;/h2-3,5-8,10-11,13-15,23H,4,9,12H2,1H3;1H. The second kappa shape index (κ2) is 10.6. The molecule has 0 saturated carbocycles. The maximum absolute atomic E-state index is 13.8. The van der Waals surface area contributed by atoms with Gasteiger partial charge in [-0.3, -0.25) is 0 Å². The zero-order valence-electron chi connectivity index (χ0n) is 16.3. The molecule has 0 atom stereocenters. The van der Waals surface area contributed by atoms with Crippen LogP contribution in [0.2, 0.25) is 0 Å². The van der Waals surface area contributed by atoms with Crippen LogP contribution in [0.3, 0.4) is 0 Å². The maximum Gasteiger partial charge on any atom is 0.342 e. The molecule has 1 aromatic heterocycles. The van der Waals surface area contributed by atoms with Gasteiger partial charge in [0.15, 0.2) is 18.9 Å². The van der Waals surface area contributed by atoms with Crippen LogP contribution in [0, 0.1) is 12.7 Å². The number of nitrogens with two attached hydrogens (primary N) is 1. The minimum atomic E-state index is -4.29. The molecule has 0 radical (unpaired) electrons. The summed E-state index contributed by atoms with van der Waals surface area (Å²) in [6.07, 6.45) is 4.52. The number of nitrogen functional groups attached to an aromatic ring is 1. The predicted octanol–water partition coefficient (Wildman–Crippen LogP) is 0.245. The monoisotopic (exact) mass is 544 g/mol. The molecule has 0 aliphatic rings. The van der Waals surface area contributed by atoms with Crippen molar-refractivity contribution >= 4 is 15.8 Å². The number of hydrogen-bond acceptors (Lipinski definition) is 5. The number of aromatic nitrogens is 1. The molecular weight excluding hydrogens is 522 g/mol. The smallest absolute Gasteiger partial charge is 0.342 e. The van der Waals surface area contributed by atoms with Gasteiger partial charge in [0.05, 0.1) is 6.61 Å². The van der Waals surface area contributed by atoms with Crippen LogP contribution in [-0.4, -0.2) is 15.0 Å². The molecule has 0 fully saturated rings. The second-order valence-electron chi connectivity index (χ2n) is 6.52. The topological polar surface area (TPSA) is 82.5 Å². The van der Waals surface area contributed by atoms with Crippen molar-refractivity contribution in [2.24, 2.45) is 0 Å². The molecule has 0 unspecified atom stereocenters. The fourth-order valence-corrected chi connectivity index (χ4v) is 3.71. The van der Waals surface area contributed by atoms with Crippen molar-refractivity contribution < 1.29 is 50.3 Å². The summed E-state index contributed by atoms with van der Waals surface area (Å²) < 4.78 is 51.4. The third kappa shape index (κ3) is 6.56. The van der Waals surface area contributed by atoms with Crippen LogP contribution in [0.1, 0.15) is 12.0 Å². The first-order valence-electron chi connectivity index (χ1n) is 9.01. The quantitative estimate of drug-likeness (QED) is 0.190. The highest BCUT2D eigenvalue weighted by atomic mass is 127. The van der Waals surface area contributed by atoms with E-state index in [1.807, 2.05) is 29.1 Å². The minimum Gasteiger partial charge on any atom is -1.00 e. The molecule has 3 aromatic rings. The summed E-state index contributed by atoms with van der Waals surface area (Å²) in [5.41, 5.74) is 7.12. The van der Waals surface area contributed by atoms with Gasteiger partial charge >= 0.3 is 10.1 Å². The van der Waals surface area contributed by atoms with Crippen molar-refractivity contribution in [3.05, 3.63) is 78.4 Å². The minimum absolute atomic E-state index is 0. The Morgan fingerprint density at radius 2 is 1.70 bits per heavy atom. The summed E-state index contributed by atoms with van der Waals surface area (Å²) in [7, 11) is -4.29. The molecular formula is C21H22FIN2O4S. The Hall–Kier alpha value is -2.40. The average molecular weight is 544 g/mol. The number of pyridine rings is 1. The molecule has 160 valence electrons. The lowest BCUT2D eigenvalue weighted by atomic mass is 10.2. The molecule has 1 heterocycles. The molecule has 30 heavy (non-hydrogen) atoms. The fourth-order valence-electron chi connectivity index (χ4n) is 2.72. The Kier molecular flexibility index (Phi) is 8.42. The van der Waals surface area contributed by atoms with Crippen LogP contribution >= 0.6 is 0 Å². The molecule has 3 rings (SSSR count). The second-order valence-corrected chi connectivity index (χ2v) is 8.04. The van der Waals surface area contributed by atoms with E-state index < -0.39 is 20.8 Å². The molecule has 9 heteroatoms. The average Bonchev–Trinajstić information content (AvgIpc) is 2.66. The summed E-state index contributed by atoms with van der Waals surface area (Å²) in [4.78, 5) is -0.510. The zero-order chi connectivity index (χ0) is 20.9. The van der Waals surface area contributed by atoms with Gasteiger partial charge in [0.1, 0.15) is 22.2 Å². The van der Waals surface area contributed by atoms with Crippen LogP contribution in [-0.2, 0) is 16.7 Å². The number of benzene rings is 2. The van der Waals surface area contributed by atoms with Gasteiger partial charge in [0.2, 0.25) is 0 Å². The highest BCUT2D eigenvalue weighted by Crippen LogP contribution is 2.26. The Morgan fingerprint density at radius 3 is 2.40 bits per heavy atom. The summed E-state index contributed by atoms with van der Waals surface area (Å²) in [6, 6.07) is 13.5. The molecule has 2 aromatic carbocycles. The van der Waals surface area contributed by atoms with E-state index in [9.17, 15) is 12.8 Å². The van der Waals surface area contributed by atoms with Gasteiger partial charge in [-0.1, -0.05) is 12.1 Å². The number of hydrogen-bond donors (Lipinski definition) is 1. The molecule has 0 spiro atoms. The Bertz CT molecular complexity index is 1090. The Labute approximate surface area is 192 Å². The third-order valence-corrected chi connectivity index (χ3v) is 5.36. The van der Waals surface area contributed by atoms with E-state index in [4.69, 9.17) is 14.7 Å². The highest BCUT2D eigenvalue weighted by Gasteiger charge is 2.21. The molecule has 0 aliphatic carbocycles. The number of rotatable bonds is 8. The van der Waals surface area contributed by atoms with Crippen molar-refractivity contribution in [1.82, 2.24) is 0 Å². The van der Waals surface area contributed by atoms with E-state index in [2.05, 4.69) is 0 Å². The van der Waals surface area contributed by atoms with E-state index in [1.54, 1.807) is 19.1 Å². The lowest BCUT2D eigenvalue weighted by Crippen LogP contribution is -3.00. The molecule has 0 bridgehead atoms. The van der Waals surface area contributed by atoms with Crippen molar-refractivity contribution in [2.75, 3.05) is 12.3 Å².